The predicted molar refractivity (Wildman–Crippen MR) is 115 cm³/mol. The molecule has 0 saturated heterocycles. The number of anilines is 1. The Morgan fingerprint density at radius 3 is 2.97 bits per heavy atom. The number of nitrogens with zero attached hydrogens (tertiary/aromatic N) is 3. The van der Waals surface area contributed by atoms with Gasteiger partial charge >= 0.3 is 6.03 Å². The SMILES string of the molecule is Cc1cccc(NC(=O)n2ccc3cc(Oc4ncnc5c4C(C)NC5)ccc32)c1. The van der Waals surface area contributed by atoms with Crippen LogP contribution in [0.3, 0.4) is 0 Å². The Balaban J connectivity index is 1.41. The van der Waals surface area contributed by atoms with Crippen molar-refractivity contribution in [1.82, 2.24) is 19.9 Å². The van der Waals surface area contributed by atoms with Crippen LogP contribution in [0.1, 0.15) is 29.8 Å². The minimum Gasteiger partial charge on any atom is -0.439 e. The Bertz CT molecular complexity index is 1260. The summed E-state index contributed by atoms with van der Waals surface area (Å²) in [6.07, 6.45) is 3.28. The third kappa shape index (κ3) is 3.29. The number of benzene rings is 2. The summed E-state index contributed by atoms with van der Waals surface area (Å²) < 4.78 is 7.67. The Kier molecular flexibility index (Phi) is 4.44. The van der Waals surface area contributed by atoms with Gasteiger partial charge in [-0.1, -0.05) is 12.1 Å². The molecule has 7 nitrogen and oxygen atoms in total. The predicted octanol–water partition coefficient (Wildman–Crippen LogP) is 4.78. The molecule has 3 heterocycles. The maximum atomic E-state index is 12.7. The Morgan fingerprint density at radius 1 is 1.20 bits per heavy atom. The number of hydrogen-bond acceptors (Lipinski definition) is 5. The smallest absolute Gasteiger partial charge is 0.330 e. The first-order chi connectivity index (χ1) is 14.6. The highest BCUT2D eigenvalue weighted by molar-refractivity contribution is 5.98. The zero-order valence-electron chi connectivity index (χ0n) is 16.7. The molecule has 0 aliphatic carbocycles. The first kappa shape index (κ1) is 18.3. The van der Waals surface area contributed by atoms with Gasteiger partial charge in [-0.15, -0.1) is 0 Å². The summed E-state index contributed by atoms with van der Waals surface area (Å²) in [6, 6.07) is 15.2. The summed E-state index contributed by atoms with van der Waals surface area (Å²) >= 11 is 0. The maximum absolute atomic E-state index is 12.7. The van der Waals surface area contributed by atoms with Crippen LogP contribution in [-0.4, -0.2) is 20.6 Å². The fourth-order valence-corrected chi connectivity index (χ4v) is 3.80. The number of ether oxygens (including phenoxy) is 1. The number of rotatable bonds is 3. The molecule has 2 aromatic carbocycles. The van der Waals surface area contributed by atoms with Crippen LogP contribution in [-0.2, 0) is 6.54 Å². The van der Waals surface area contributed by atoms with Crippen LogP contribution in [0.2, 0.25) is 0 Å². The molecule has 7 heteroatoms. The summed E-state index contributed by atoms with van der Waals surface area (Å²) in [6.45, 7) is 4.78. The molecule has 1 aliphatic heterocycles. The van der Waals surface area contributed by atoms with E-state index >= 15 is 0 Å². The van der Waals surface area contributed by atoms with E-state index in [1.165, 1.54) is 6.33 Å². The Morgan fingerprint density at radius 2 is 2.10 bits per heavy atom. The molecular formula is C23H21N5O2. The van der Waals surface area contributed by atoms with Crippen molar-refractivity contribution >= 4 is 22.6 Å². The molecule has 1 aliphatic rings. The normalized spacial score (nSPS) is 15.2. The van der Waals surface area contributed by atoms with E-state index in [0.717, 1.165) is 33.4 Å². The molecule has 2 aromatic heterocycles. The van der Waals surface area contributed by atoms with E-state index in [1.54, 1.807) is 10.8 Å². The summed E-state index contributed by atoms with van der Waals surface area (Å²) in [5.41, 5.74) is 4.62. The number of aryl methyl sites for hydroxylation is 1. The molecule has 150 valence electrons. The minimum absolute atomic E-state index is 0.145. The molecule has 0 radical (unpaired) electrons. The highest BCUT2D eigenvalue weighted by Gasteiger charge is 2.25. The molecule has 0 saturated carbocycles. The van der Waals surface area contributed by atoms with Crippen LogP contribution in [0, 0.1) is 6.92 Å². The van der Waals surface area contributed by atoms with Crippen LogP contribution >= 0.6 is 0 Å². The molecular weight excluding hydrogens is 378 g/mol. The number of carbonyl (C=O) groups excluding carboxylic acids is 1. The van der Waals surface area contributed by atoms with E-state index < -0.39 is 0 Å². The van der Waals surface area contributed by atoms with Gasteiger partial charge in [-0.2, -0.15) is 0 Å². The lowest BCUT2D eigenvalue weighted by Crippen LogP contribution is -2.18. The van der Waals surface area contributed by atoms with E-state index in [2.05, 4.69) is 27.5 Å². The van der Waals surface area contributed by atoms with Crippen LogP contribution in [0.5, 0.6) is 11.6 Å². The van der Waals surface area contributed by atoms with Crippen LogP contribution in [0.25, 0.3) is 10.9 Å². The van der Waals surface area contributed by atoms with Gasteiger partial charge in [-0.05, 0) is 55.8 Å². The van der Waals surface area contributed by atoms with Crippen molar-refractivity contribution in [3.63, 3.8) is 0 Å². The minimum atomic E-state index is -0.210. The van der Waals surface area contributed by atoms with Gasteiger partial charge in [-0.3, -0.25) is 4.57 Å². The zero-order chi connectivity index (χ0) is 20.7. The standard InChI is InChI=1S/C23H21N5O2/c1-14-4-3-5-17(10-14)27-23(29)28-9-8-16-11-18(6-7-20(16)28)30-22-21-15(2)24-12-19(21)25-13-26-22/h3-11,13,15,24H,12H2,1-2H3,(H,27,29). The lowest BCUT2D eigenvalue weighted by Gasteiger charge is -2.12. The second-order valence-electron chi connectivity index (χ2n) is 7.45. The maximum Gasteiger partial charge on any atom is 0.330 e. The van der Waals surface area contributed by atoms with E-state index in [4.69, 9.17) is 4.74 Å². The van der Waals surface area contributed by atoms with E-state index in [-0.39, 0.29) is 12.1 Å². The van der Waals surface area contributed by atoms with Gasteiger partial charge in [0.1, 0.15) is 12.1 Å². The van der Waals surface area contributed by atoms with Crippen molar-refractivity contribution < 1.29 is 9.53 Å². The van der Waals surface area contributed by atoms with Crippen LogP contribution in [0.4, 0.5) is 10.5 Å². The van der Waals surface area contributed by atoms with Crippen molar-refractivity contribution in [3.8, 4) is 11.6 Å². The van der Waals surface area contributed by atoms with Crippen LogP contribution < -0.4 is 15.4 Å². The van der Waals surface area contributed by atoms with E-state index in [0.29, 0.717) is 18.2 Å². The summed E-state index contributed by atoms with van der Waals surface area (Å²) in [5.74, 6) is 1.23. The Hall–Kier alpha value is -3.71. The van der Waals surface area contributed by atoms with Gasteiger partial charge < -0.3 is 15.4 Å². The highest BCUT2D eigenvalue weighted by atomic mass is 16.5. The van der Waals surface area contributed by atoms with Gasteiger partial charge in [0.15, 0.2) is 0 Å². The number of nitrogens with one attached hydrogen (secondary N) is 2. The average Bonchev–Trinajstić information content (AvgIpc) is 3.32. The quantitative estimate of drug-likeness (QED) is 0.518. The monoisotopic (exact) mass is 399 g/mol. The van der Waals surface area contributed by atoms with Gasteiger partial charge in [0, 0.05) is 29.9 Å². The molecule has 0 fully saturated rings. The average molecular weight is 399 g/mol. The number of aromatic nitrogens is 3. The second kappa shape index (κ2) is 7.27. The summed E-state index contributed by atoms with van der Waals surface area (Å²) in [4.78, 5) is 21.4. The molecule has 0 spiro atoms. The highest BCUT2D eigenvalue weighted by Crippen LogP contribution is 2.34. The van der Waals surface area contributed by atoms with Gasteiger partial charge in [0.2, 0.25) is 5.88 Å². The molecule has 4 aromatic rings. The first-order valence-corrected chi connectivity index (χ1v) is 9.82. The van der Waals surface area contributed by atoms with Crippen molar-refractivity contribution in [3.05, 3.63) is 77.9 Å². The second-order valence-corrected chi connectivity index (χ2v) is 7.45. The van der Waals surface area contributed by atoms with Crippen LogP contribution in [0.15, 0.2) is 61.1 Å². The van der Waals surface area contributed by atoms with Gasteiger partial charge in [0.05, 0.1) is 16.8 Å². The first-order valence-electron chi connectivity index (χ1n) is 9.82. The largest absolute Gasteiger partial charge is 0.439 e. The Labute approximate surface area is 173 Å². The van der Waals surface area contributed by atoms with E-state index in [1.807, 2.05) is 55.5 Å². The zero-order valence-corrected chi connectivity index (χ0v) is 16.7. The molecule has 1 atom stereocenters. The molecule has 1 unspecified atom stereocenters. The summed E-state index contributed by atoms with van der Waals surface area (Å²) in [7, 11) is 0. The van der Waals surface area contributed by atoms with Gasteiger partial charge in [-0.25, -0.2) is 14.8 Å². The molecule has 30 heavy (non-hydrogen) atoms. The topological polar surface area (TPSA) is 81.1 Å². The van der Waals surface area contributed by atoms with Gasteiger partial charge in [0.25, 0.3) is 0 Å². The molecule has 1 amide bonds. The van der Waals surface area contributed by atoms with E-state index in [9.17, 15) is 4.79 Å². The third-order valence-electron chi connectivity index (χ3n) is 5.30. The lowest BCUT2D eigenvalue weighted by molar-refractivity contribution is 0.254. The third-order valence-corrected chi connectivity index (χ3v) is 5.30. The lowest BCUT2D eigenvalue weighted by atomic mass is 10.1. The van der Waals surface area contributed by atoms with Crippen molar-refractivity contribution in [2.75, 3.05) is 5.32 Å². The number of carbonyl (C=O) groups is 1. The number of hydrogen-bond donors (Lipinski definition) is 2. The van der Waals surface area contributed by atoms with Crippen molar-refractivity contribution in [2.24, 2.45) is 0 Å². The number of amides is 1. The molecule has 5 rings (SSSR count). The molecule has 0 bridgehead atoms. The van der Waals surface area contributed by atoms with Crippen molar-refractivity contribution in [2.45, 2.75) is 26.4 Å². The molecule has 2 N–H and O–H groups in total. The summed E-state index contributed by atoms with van der Waals surface area (Å²) in [5, 5.41) is 7.19. The van der Waals surface area contributed by atoms with Crippen molar-refractivity contribution in [1.29, 1.82) is 0 Å². The number of fused-ring (bicyclic) bond motifs is 2. The fourth-order valence-electron chi connectivity index (χ4n) is 3.80. The fraction of sp³-hybridized carbons (Fsp3) is 0.174.